The Morgan fingerprint density at radius 1 is 1.65 bits per heavy atom. The minimum absolute atomic E-state index is 0.117. The first-order chi connectivity index (χ1) is 8.15. The zero-order valence-electron chi connectivity index (χ0n) is 10.1. The number of pyridine rings is 1. The molecule has 1 amide bonds. The topological polar surface area (TPSA) is 68.4 Å². The Kier molecular flexibility index (Phi) is 3.28. The van der Waals surface area contributed by atoms with E-state index < -0.39 is 0 Å². The molecule has 17 heavy (non-hydrogen) atoms. The summed E-state index contributed by atoms with van der Waals surface area (Å²) in [6.45, 7) is 3.14. The first-order valence-corrected chi connectivity index (χ1v) is 5.66. The quantitative estimate of drug-likeness (QED) is 0.837. The maximum absolute atomic E-state index is 11.8. The van der Waals surface area contributed by atoms with Gasteiger partial charge in [0.25, 0.3) is 0 Å². The van der Waals surface area contributed by atoms with Crippen molar-refractivity contribution in [3.05, 3.63) is 17.8 Å². The third kappa shape index (κ3) is 2.24. The number of carbonyl (C=O) groups is 1. The Balaban J connectivity index is 2.23. The number of anilines is 1. The molecule has 0 aliphatic carbocycles. The van der Waals surface area contributed by atoms with Crippen LogP contribution in [-0.2, 0) is 4.79 Å². The Bertz CT molecular complexity index is 434. The number of carbonyl (C=O) groups excluding carboxylic acids is 1. The molecule has 1 fully saturated rings. The van der Waals surface area contributed by atoms with Gasteiger partial charge in [0.1, 0.15) is 0 Å². The van der Waals surface area contributed by atoms with Crippen molar-refractivity contribution < 1.29 is 9.53 Å². The number of hydrogen-bond donors (Lipinski definition) is 1. The van der Waals surface area contributed by atoms with Gasteiger partial charge in [-0.05, 0) is 25.5 Å². The Labute approximate surface area is 101 Å². The van der Waals surface area contributed by atoms with Gasteiger partial charge in [-0.2, -0.15) is 0 Å². The summed E-state index contributed by atoms with van der Waals surface area (Å²) in [6.07, 6.45) is 2.20. The lowest BCUT2D eigenvalue weighted by molar-refractivity contribution is -0.117. The van der Waals surface area contributed by atoms with E-state index in [0.29, 0.717) is 25.4 Å². The average Bonchev–Trinajstić information content (AvgIpc) is 2.70. The second kappa shape index (κ2) is 4.71. The fourth-order valence-corrected chi connectivity index (χ4v) is 2.10. The van der Waals surface area contributed by atoms with Gasteiger partial charge >= 0.3 is 0 Å². The molecule has 0 aromatic carbocycles. The number of rotatable bonds is 3. The van der Waals surface area contributed by atoms with E-state index in [2.05, 4.69) is 4.98 Å². The Hall–Kier alpha value is -1.62. The molecular weight excluding hydrogens is 218 g/mol. The van der Waals surface area contributed by atoms with E-state index in [-0.39, 0.29) is 11.8 Å². The van der Waals surface area contributed by atoms with Gasteiger partial charge in [-0.3, -0.25) is 4.79 Å². The van der Waals surface area contributed by atoms with Crippen molar-refractivity contribution in [2.24, 2.45) is 11.7 Å². The van der Waals surface area contributed by atoms with Crippen LogP contribution in [-0.4, -0.2) is 31.1 Å². The van der Waals surface area contributed by atoms with Gasteiger partial charge in [0, 0.05) is 18.5 Å². The number of aryl methyl sites for hydroxylation is 1. The van der Waals surface area contributed by atoms with Crippen LogP contribution in [0.1, 0.15) is 12.0 Å². The normalized spacial score (nSPS) is 19.8. The molecule has 2 N–H and O–H groups in total. The van der Waals surface area contributed by atoms with Crippen LogP contribution in [0.3, 0.4) is 0 Å². The summed E-state index contributed by atoms with van der Waals surface area (Å²) < 4.78 is 5.10. The molecule has 1 aliphatic heterocycles. The highest BCUT2D eigenvalue weighted by Gasteiger charge is 2.29. The van der Waals surface area contributed by atoms with E-state index in [1.165, 1.54) is 0 Å². The van der Waals surface area contributed by atoms with E-state index in [0.717, 1.165) is 11.3 Å². The maximum atomic E-state index is 11.8. The molecule has 1 saturated heterocycles. The lowest BCUT2D eigenvalue weighted by atomic mass is 10.1. The fourth-order valence-electron chi connectivity index (χ4n) is 2.10. The SMILES string of the molecule is COc1ncc(N2CC(CN)CC2=O)cc1C. The number of hydrogen-bond acceptors (Lipinski definition) is 4. The van der Waals surface area contributed by atoms with Crippen LogP contribution >= 0.6 is 0 Å². The van der Waals surface area contributed by atoms with E-state index in [9.17, 15) is 4.79 Å². The number of amides is 1. The van der Waals surface area contributed by atoms with Crippen LogP contribution in [0.5, 0.6) is 5.88 Å². The summed E-state index contributed by atoms with van der Waals surface area (Å²) >= 11 is 0. The van der Waals surface area contributed by atoms with Gasteiger partial charge in [-0.15, -0.1) is 0 Å². The zero-order chi connectivity index (χ0) is 12.4. The molecule has 2 heterocycles. The summed E-state index contributed by atoms with van der Waals surface area (Å²) in [5.74, 6) is 0.965. The highest BCUT2D eigenvalue weighted by Crippen LogP contribution is 2.26. The van der Waals surface area contributed by atoms with Crippen LogP contribution < -0.4 is 15.4 Å². The van der Waals surface area contributed by atoms with Gasteiger partial charge in [-0.25, -0.2) is 4.98 Å². The van der Waals surface area contributed by atoms with Crippen molar-refractivity contribution in [2.45, 2.75) is 13.3 Å². The molecule has 0 saturated carbocycles. The van der Waals surface area contributed by atoms with Crippen molar-refractivity contribution in [3.63, 3.8) is 0 Å². The average molecular weight is 235 g/mol. The van der Waals surface area contributed by atoms with Crippen LogP contribution in [0.2, 0.25) is 0 Å². The largest absolute Gasteiger partial charge is 0.481 e. The highest BCUT2D eigenvalue weighted by molar-refractivity contribution is 5.95. The number of nitrogens with zero attached hydrogens (tertiary/aromatic N) is 2. The van der Waals surface area contributed by atoms with E-state index in [1.54, 1.807) is 18.2 Å². The smallest absolute Gasteiger partial charge is 0.227 e. The molecule has 1 unspecified atom stereocenters. The molecule has 0 bridgehead atoms. The molecule has 0 radical (unpaired) electrons. The number of ether oxygens (including phenoxy) is 1. The first kappa shape index (κ1) is 11.9. The minimum Gasteiger partial charge on any atom is -0.481 e. The predicted molar refractivity (Wildman–Crippen MR) is 65.0 cm³/mol. The lowest BCUT2D eigenvalue weighted by Crippen LogP contribution is -2.25. The zero-order valence-corrected chi connectivity index (χ0v) is 10.1. The minimum atomic E-state index is 0.117. The highest BCUT2D eigenvalue weighted by atomic mass is 16.5. The Morgan fingerprint density at radius 3 is 2.94 bits per heavy atom. The van der Waals surface area contributed by atoms with Crippen molar-refractivity contribution in [1.82, 2.24) is 4.98 Å². The molecule has 1 aromatic rings. The molecule has 1 aromatic heterocycles. The number of nitrogens with two attached hydrogens (primary N) is 1. The van der Waals surface area contributed by atoms with Gasteiger partial charge in [0.15, 0.2) is 0 Å². The second-order valence-corrected chi connectivity index (χ2v) is 4.33. The third-order valence-corrected chi connectivity index (χ3v) is 3.06. The first-order valence-electron chi connectivity index (χ1n) is 5.66. The second-order valence-electron chi connectivity index (χ2n) is 4.33. The summed E-state index contributed by atoms with van der Waals surface area (Å²) in [5, 5.41) is 0. The standard InChI is InChI=1S/C12H17N3O2/c1-8-3-10(6-14-12(8)17-2)15-7-9(5-13)4-11(15)16/h3,6,9H,4-5,7,13H2,1-2H3. The summed E-state index contributed by atoms with van der Waals surface area (Å²) in [4.78, 5) is 17.7. The van der Waals surface area contributed by atoms with Crippen LogP contribution in [0.25, 0.3) is 0 Å². The van der Waals surface area contributed by atoms with Crippen molar-refractivity contribution in [3.8, 4) is 5.88 Å². The number of methoxy groups -OCH3 is 1. The lowest BCUT2D eigenvalue weighted by Gasteiger charge is -2.17. The third-order valence-electron chi connectivity index (χ3n) is 3.06. The number of aromatic nitrogens is 1. The molecule has 5 nitrogen and oxygen atoms in total. The van der Waals surface area contributed by atoms with Gasteiger partial charge < -0.3 is 15.4 Å². The van der Waals surface area contributed by atoms with Crippen LogP contribution in [0.4, 0.5) is 5.69 Å². The molecular formula is C12H17N3O2. The van der Waals surface area contributed by atoms with Gasteiger partial charge in [0.2, 0.25) is 11.8 Å². The molecule has 1 aliphatic rings. The predicted octanol–water partition coefficient (Wildman–Crippen LogP) is 0.710. The van der Waals surface area contributed by atoms with Gasteiger partial charge in [-0.1, -0.05) is 0 Å². The summed E-state index contributed by atoms with van der Waals surface area (Å²) in [6, 6.07) is 1.92. The van der Waals surface area contributed by atoms with Gasteiger partial charge in [0.05, 0.1) is 19.0 Å². The molecule has 2 rings (SSSR count). The summed E-state index contributed by atoms with van der Waals surface area (Å²) in [5.41, 5.74) is 7.35. The molecule has 0 spiro atoms. The molecule has 92 valence electrons. The van der Waals surface area contributed by atoms with Crippen molar-refractivity contribution >= 4 is 11.6 Å². The van der Waals surface area contributed by atoms with Crippen LogP contribution in [0, 0.1) is 12.8 Å². The van der Waals surface area contributed by atoms with Crippen molar-refractivity contribution in [2.75, 3.05) is 25.1 Å². The summed E-state index contributed by atoms with van der Waals surface area (Å²) in [7, 11) is 1.58. The van der Waals surface area contributed by atoms with E-state index >= 15 is 0 Å². The van der Waals surface area contributed by atoms with Crippen molar-refractivity contribution in [1.29, 1.82) is 0 Å². The Morgan fingerprint density at radius 2 is 2.41 bits per heavy atom. The fraction of sp³-hybridized carbons (Fsp3) is 0.500. The molecule has 1 atom stereocenters. The van der Waals surface area contributed by atoms with Crippen LogP contribution in [0.15, 0.2) is 12.3 Å². The monoisotopic (exact) mass is 235 g/mol. The van der Waals surface area contributed by atoms with E-state index in [4.69, 9.17) is 10.5 Å². The van der Waals surface area contributed by atoms with E-state index in [1.807, 2.05) is 13.0 Å². The molecule has 5 heteroatoms. The maximum Gasteiger partial charge on any atom is 0.227 e.